The molecule has 0 radical (unpaired) electrons. The molecule has 3 aromatic rings. The Hall–Kier alpha value is -2.35. The molecule has 2 aliphatic heterocycles. The van der Waals surface area contributed by atoms with Gasteiger partial charge in [0, 0.05) is 36.2 Å². The van der Waals surface area contributed by atoms with E-state index in [4.69, 9.17) is 4.74 Å². The number of aliphatic hydroxyl groups is 1. The monoisotopic (exact) mass is 476 g/mol. The highest BCUT2D eigenvalue weighted by atomic mass is 32.2. The van der Waals surface area contributed by atoms with E-state index < -0.39 is 27.9 Å². The molecule has 2 fully saturated rings. The zero-order valence-corrected chi connectivity index (χ0v) is 20.0. The van der Waals surface area contributed by atoms with Gasteiger partial charge in [-0.2, -0.15) is 0 Å². The molecule has 3 N–H and O–H groups in total. The Morgan fingerprint density at radius 1 is 1.26 bits per heavy atom. The van der Waals surface area contributed by atoms with Crippen molar-refractivity contribution in [1.82, 2.24) is 9.88 Å². The van der Waals surface area contributed by atoms with Crippen LogP contribution in [0.5, 0.6) is 11.5 Å². The fourth-order valence-electron chi connectivity index (χ4n) is 7.86. The molecule has 34 heavy (non-hydrogen) atoms. The minimum absolute atomic E-state index is 0.0116. The van der Waals surface area contributed by atoms with Crippen LogP contribution in [-0.2, 0) is 29.1 Å². The van der Waals surface area contributed by atoms with Crippen LogP contribution < -0.4 is 4.74 Å². The van der Waals surface area contributed by atoms with Crippen LogP contribution in [0.3, 0.4) is 0 Å². The molecule has 176 valence electrons. The van der Waals surface area contributed by atoms with E-state index in [1.807, 2.05) is 18.2 Å². The van der Waals surface area contributed by atoms with Gasteiger partial charge in [-0.15, -0.1) is 0 Å². The number of para-hydroxylation sites is 1. The molecule has 1 saturated heterocycles. The summed E-state index contributed by atoms with van der Waals surface area (Å²) >= 11 is 0. The van der Waals surface area contributed by atoms with Crippen molar-refractivity contribution in [2.75, 3.05) is 19.3 Å². The van der Waals surface area contributed by atoms with Gasteiger partial charge in [0.25, 0.3) is 0 Å². The SMILES string of the molecule is CS(=O)c1cccc2c3c([nH]c12)[C@H]1Oc2c(O)ccc4c2C12CCN(CC1CC1)[C@@H](C4)[C@]2(O)C3. The molecule has 0 amide bonds. The molecule has 6 nitrogen and oxygen atoms in total. The van der Waals surface area contributed by atoms with Crippen molar-refractivity contribution >= 4 is 21.7 Å². The number of ether oxygens (including phenoxy) is 1. The standard InChI is InChI=1S/C27H28N2O4S/c1-34(32)19-4-2-3-16-17-12-27(31)20-11-15-7-8-18(30)24-21(15)26(27,9-10-29(20)13-14-5-6-14)25(33-24)23(17)28-22(16)19/h2-4,7-8,14,20,25,28,30-31H,5-6,9-13H2,1H3/t20-,25+,26?,27+,34?/m0/s1. The highest BCUT2D eigenvalue weighted by Crippen LogP contribution is 2.69. The summed E-state index contributed by atoms with van der Waals surface area (Å²) in [6, 6.07) is 9.72. The second kappa shape index (κ2) is 6.25. The molecular formula is C27H28N2O4S. The second-order valence-electron chi connectivity index (χ2n) is 11.1. The van der Waals surface area contributed by atoms with Crippen LogP contribution >= 0.6 is 0 Å². The summed E-state index contributed by atoms with van der Waals surface area (Å²) in [7, 11) is -1.14. The zero-order valence-electron chi connectivity index (χ0n) is 19.1. The number of phenolic OH excluding ortho intramolecular Hbond substituents is 1. The van der Waals surface area contributed by atoms with Gasteiger partial charge in [0.05, 0.1) is 37.9 Å². The number of rotatable bonds is 3. The number of aromatic amines is 1. The van der Waals surface area contributed by atoms with E-state index in [1.54, 1.807) is 12.3 Å². The highest BCUT2D eigenvalue weighted by molar-refractivity contribution is 7.84. The molecule has 3 aliphatic carbocycles. The lowest BCUT2D eigenvalue weighted by atomic mass is 9.49. The fourth-order valence-corrected chi connectivity index (χ4v) is 8.58. The van der Waals surface area contributed by atoms with E-state index in [2.05, 4.69) is 16.0 Å². The van der Waals surface area contributed by atoms with Crippen LogP contribution in [0.25, 0.3) is 10.9 Å². The van der Waals surface area contributed by atoms with Gasteiger partial charge < -0.3 is 19.9 Å². The first-order chi connectivity index (χ1) is 16.4. The molecule has 2 bridgehead atoms. The number of piperidine rings is 1. The number of hydrogen-bond acceptors (Lipinski definition) is 5. The van der Waals surface area contributed by atoms with E-state index >= 15 is 0 Å². The molecule has 1 aromatic heterocycles. The van der Waals surface area contributed by atoms with Crippen LogP contribution in [0.15, 0.2) is 35.2 Å². The summed E-state index contributed by atoms with van der Waals surface area (Å²) in [5.41, 5.74) is 3.53. The van der Waals surface area contributed by atoms with E-state index in [9.17, 15) is 14.4 Å². The van der Waals surface area contributed by atoms with Crippen LogP contribution in [0, 0.1) is 5.92 Å². The summed E-state index contributed by atoms with van der Waals surface area (Å²) < 4.78 is 19.1. The molecule has 2 aromatic carbocycles. The van der Waals surface area contributed by atoms with E-state index in [1.165, 1.54) is 18.4 Å². The van der Waals surface area contributed by atoms with Gasteiger partial charge in [-0.05, 0) is 61.4 Å². The molecule has 1 saturated carbocycles. The average molecular weight is 477 g/mol. The Morgan fingerprint density at radius 2 is 2.12 bits per heavy atom. The number of benzene rings is 2. The van der Waals surface area contributed by atoms with Crippen molar-refractivity contribution in [1.29, 1.82) is 0 Å². The van der Waals surface area contributed by atoms with Crippen LogP contribution in [-0.4, -0.2) is 55.3 Å². The van der Waals surface area contributed by atoms with Gasteiger partial charge in [-0.1, -0.05) is 18.2 Å². The number of nitrogens with one attached hydrogen (secondary N) is 1. The maximum Gasteiger partial charge on any atom is 0.166 e. The molecule has 5 aliphatic rings. The summed E-state index contributed by atoms with van der Waals surface area (Å²) in [4.78, 5) is 6.92. The van der Waals surface area contributed by atoms with Crippen molar-refractivity contribution in [2.45, 2.75) is 60.2 Å². The summed E-state index contributed by atoms with van der Waals surface area (Å²) in [6.07, 6.45) is 5.97. The number of phenols is 1. The van der Waals surface area contributed by atoms with Crippen molar-refractivity contribution in [3.63, 3.8) is 0 Å². The van der Waals surface area contributed by atoms with Crippen molar-refractivity contribution < 1.29 is 19.2 Å². The first-order valence-electron chi connectivity index (χ1n) is 12.4. The van der Waals surface area contributed by atoms with Gasteiger partial charge in [0.15, 0.2) is 17.6 Å². The minimum Gasteiger partial charge on any atom is -0.504 e. The Kier molecular flexibility index (Phi) is 3.66. The Bertz CT molecular complexity index is 1430. The van der Waals surface area contributed by atoms with Gasteiger partial charge in [-0.25, -0.2) is 0 Å². The number of hydrogen-bond donors (Lipinski definition) is 3. The Balaban J connectivity index is 1.42. The number of aromatic nitrogens is 1. The Labute approximate surface area is 200 Å². The summed E-state index contributed by atoms with van der Waals surface area (Å²) in [5.74, 6) is 1.44. The third-order valence-corrected chi connectivity index (χ3v) is 10.4. The van der Waals surface area contributed by atoms with Crippen molar-refractivity contribution in [3.05, 3.63) is 52.7 Å². The summed E-state index contributed by atoms with van der Waals surface area (Å²) in [6.45, 7) is 1.98. The van der Waals surface area contributed by atoms with Gasteiger partial charge in [-0.3, -0.25) is 9.11 Å². The predicted molar refractivity (Wildman–Crippen MR) is 129 cm³/mol. The number of likely N-dealkylation sites (tertiary alicyclic amines) is 1. The first-order valence-corrected chi connectivity index (χ1v) is 13.9. The normalized spacial score (nSPS) is 33.9. The molecule has 5 atom stereocenters. The minimum atomic E-state index is -1.14. The third-order valence-electron chi connectivity index (χ3n) is 9.47. The molecule has 1 spiro atoms. The maximum absolute atomic E-state index is 12.8. The third kappa shape index (κ3) is 2.18. The average Bonchev–Trinajstić information content (AvgIpc) is 3.44. The summed E-state index contributed by atoms with van der Waals surface area (Å²) in [5, 5.41) is 24.7. The maximum atomic E-state index is 12.8. The second-order valence-corrected chi connectivity index (χ2v) is 12.4. The number of aromatic hydroxyl groups is 1. The number of nitrogens with zero attached hydrogens (tertiary/aromatic N) is 1. The zero-order chi connectivity index (χ0) is 23.0. The molecule has 7 heteroatoms. The first kappa shape index (κ1) is 19.9. The quantitative estimate of drug-likeness (QED) is 0.540. The van der Waals surface area contributed by atoms with E-state index in [0.29, 0.717) is 12.2 Å². The van der Waals surface area contributed by atoms with Crippen LogP contribution in [0.1, 0.15) is 47.8 Å². The van der Waals surface area contributed by atoms with Gasteiger partial charge >= 0.3 is 0 Å². The van der Waals surface area contributed by atoms with E-state index in [0.717, 1.165) is 64.5 Å². The van der Waals surface area contributed by atoms with Gasteiger partial charge in [0.1, 0.15) is 0 Å². The largest absolute Gasteiger partial charge is 0.504 e. The lowest BCUT2D eigenvalue weighted by molar-refractivity contribution is -0.173. The lowest BCUT2D eigenvalue weighted by Gasteiger charge is -2.62. The smallest absolute Gasteiger partial charge is 0.166 e. The predicted octanol–water partition coefficient (Wildman–Crippen LogP) is 3.31. The topological polar surface area (TPSA) is 85.8 Å². The molecular weight excluding hydrogens is 448 g/mol. The van der Waals surface area contributed by atoms with Crippen molar-refractivity contribution in [3.8, 4) is 11.5 Å². The molecule has 3 heterocycles. The molecule has 8 rings (SSSR count). The Morgan fingerprint density at radius 3 is 2.91 bits per heavy atom. The number of fused-ring (bicyclic) bond motifs is 4. The lowest BCUT2D eigenvalue weighted by Crippen LogP contribution is -2.74. The van der Waals surface area contributed by atoms with Crippen LogP contribution in [0.2, 0.25) is 0 Å². The molecule has 2 unspecified atom stereocenters. The van der Waals surface area contributed by atoms with Crippen molar-refractivity contribution in [2.24, 2.45) is 5.92 Å². The fraction of sp³-hybridized carbons (Fsp3) is 0.481. The highest BCUT2D eigenvalue weighted by Gasteiger charge is 2.72. The van der Waals surface area contributed by atoms with Crippen LogP contribution in [0.4, 0.5) is 0 Å². The van der Waals surface area contributed by atoms with Gasteiger partial charge in [0.2, 0.25) is 0 Å². The van der Waals surface area contributed by atoms with E-state index in [-0.39, 0.29) is 11.8 Å². The number of H-pyrrole nitrogens is 1.